The molecule has 0 unspecified atom stereocenters. The molecule has 16 heavy (non-hydrogen) atoms. The summed E-state index contributed by atoms with van der Waals surface area (Å²) in [4.78, 5) is 1.22. The van der Waals surface area contributed by atoms with E-state index in [-0.39, 0.29) is 5.82 Å². The molecular weight excluding hydrogens is 245 g/mol. The van der Waals surface area contributed by atoms with E-state index in [4.69, 9.17) is 11.6 Å². The van der Waals surface area contributed by atoms with E-state index in [9.17, 15) is 4.39 Å². The molecule has 1 N–H and O–H groups in total. The Morgan fingerprint density at radius 1 is 1.25 bits per heavy atom. The predicted octanol–water partition coefficient (Wildman–Crippen LogP) is 3.93. The molecule has 0 spiro atoms. The topological polar surface area (TPSA) is 12.0 Å². The van der Waals surface area contributed by atoms with Gasteiger partial charge in [0.25, 0.3) is 0 Å². The van der Waals surface area contributed by atoms with Gasteiger partial charge in [-0.25, -0.2) is 4.39 Å². The maximum atomic E-state index is 13.2. The van der Waals surface area contributed by atoms with Crippen molar-refractivity contribution in [2.45, 2.75) is 6.54 Å². The zero-order valence-electron chi connectivity index (χ0n) is 8.76. The summed E-state index contributed by atoms with van der Waals surface area (Å²) in [6.07, 6.45) is 0. The van der Waals surface area contributed by atoms with Crippen molar-refractivity contribution < 1.29 is 4.39 Å². The highest BCUT2D eigenvalue weighted by molar-refractivity contribution is 7.10. The lowest BCUT2D eigenvalue weighted by molar-refractivity contribution is 0.628. The van der Waals surface area contributed by atoms with E-state index in [1.807, 2.05) is 18.5 Å². The number of hydrogen-bond donors (Lipinski definition) is 1. The number of hydrogen-bond acceptors (Lipinski definition) is 2. The molecule has 84 valence electrons. The van der Waals surface area contributed by atoms with Gasteiger partial charge in [-0.3, -0.25) is 0 Å². The van der Waals surface area contributed by atoms with Crippen molar-refractivity contribution in [3.8, 4) is 11.1 Å². The normalized spacial score (nSPS) is 10.7. The highest BCUT2D eigenvalue weighted by atomic mass is 35.5. The summed E-state index contributed by atoms with van der Waals surface area (Å²) in [7, 11) is 1.90. The molecule has 0 atom stereocenters. The Balaban J connectivity index is 2.34. The van der Waals surface area contributed by atoms with Gasteiger partial charge in [0, 0.05) is 16.4 Å². The summed E-state index contributed by atoms with van der Waals surface area (Å²) < 4.78 is 13.2. The fourth-order valence-corrected chi connectivity index (χ4v) is 2.65. The molecular formula is C12H11ClFNS. The molecule has 0 aliphatic heterocycles. The van der Waals surface area contributed by atoms with E-state index >= 15 is 0 Å². The number of halogens is 2. The summed E-state index contributed by atoms with van der Waals surface area (Å²) in [5.41, 5.74) is 1.83. The predicted molar refractivity (Wildman–Crippen MR) is 67.5 cm³/mol. The van der Waals surface area contributed by atoms with Crippen LogP contribution in [0.2, 0.25) is 5.02 Å². The first kappa shape index (κ1) is 11.6. The van der Waals surface area contributed by atoms with Crippen LogP contribution in [0.3, 0.4) is 0 Å². The molecule has 1 aromatic heterocycles. The zero-order chi connectivity index (χ0) is 11.5. The number of rotatable bonds is 3. The zero-order valence-corrected chi connectivity index (χ0v) is 10.3. The van der Waals surface area contributed by atoms with Crippen LogP contribution in [0.25, 0.3) is 11.1 Å². The highest BCUT2D eigenvalue weighted by Crippen LogP contribution is 2.28. The average Bonchev–Trinajstić information content (AvgIpc) is 2.65. The Morgan fingerprint density at radius 2 is 2.06 bits per heavy atom. The summed E-state index contributed by atoms with van der Waals surface area (Å²) in [6.45, 7) is 0.827. The van der Waals surface area contributed by atoms with Crippen LogP contribution in [0.15, 0.2) is 29.6 Å². The molecule has 0 saturated heterocycles. The molecule has 1 nitrogen and oxygen atoms in total. The van der Waals surface area contributed by atoms with Gasteiger partial charge in [0.2, 0.25) is 0 Å². The molecule has 0 fully saturated rings. The summed E-state index contributed by atoms with van der Waals surface area (Å²) in [5.74, 6) is -0.302. The molecule has 1 heterocycles. The first-order valence-corrected chi connectivity index (χ1v) is 6.13. The minimum Gasteiger partial charge on any atom is -0.315 e. The van der Waals surface area contributed by atoms with Crippen LogP contribution in [0.4, 0.5) is 4.39 Å². The van der Waals surface area contributed by atoms with Gasteiger partial charge in [0.15, 0.2) is 0 Å². The van der Waals surface area contributed by atoms with Crippen LogP contribution in [0.1, 0.15) is 4.88 Å². The maximum absolute atomic E-state index is 13.2. The second-order valence-corrected chi connectivity index (χ2v) is 4.92. The number of benzene rings is 1. The number of nitrogens with one attached hydrogen (secondary N) is 1. The molecule has 2 rings (SSSR count). The molecule has 0 bridgehead atoms. The van der Waals surface area contributed by atoms with Crippen molar-refractivity contribution in [2.75, 3.05) is 7.05 Å². The number of thiophene rings is 1. The molecule has 0 saturated carbocycles. The van der Waals surface area contributed by atoms with E-state index in [1.54, 1.807) is 17.4 Å². The Hall–Kier alpha value is -0.900. The van der Waals surface area contributed by atoms with Crippen molar-refractivity contribution in [3.63, 3.8) is 0 Å². The van der Waals surface area contributed by atoms with Gasteiger partial charge in [0.1, 0.15) is 5.82 Å². The van der Waals surface area contributed by atoms with Crippen LogP contribution in [-0.4, -0.2) is 7.05 Å². The van der Waals surface area contributed by atoms with Gasteiger partial charge >= 0.3 is 0 Å². The van der Waals surface area contributed by atoms with Crippen molar-refractivity contribution in [3.05, 3.63) is 45.4 Å². The van der Waals surface area contributed by atoms with Crippen LogP contribution < -0.4 is 5.32 Å². The van der Waals surface area contributed by atoms with Gasteiger partial charge < -0.3 is 5.32 Å². The van der Waals surface area contributed by atoms with Gasteiger partial charge in [-0.1, -0.05) is 11.6 Å². The Labute approximate surface area is 103 Å². The van der Waals surface area contributed by atoms with Gasteiger partial charge in [-0.15, -0.1) is 11.3 Å². The van der Waals surface area contributed by atoms with Crippen molar-refractivity contribution in [2.24, 2.45) is 0 Å². The molecule has 0 aliphatic carbocycles. The van der Waals surface area contributed by atoms with Crippen LogP contribution in [0.5, 0.6) is 0 Å². The monoisotopic (exact) mass is 255 g/mol. The lowest BCUT2D eigenvalue weighted by Crippen LogP contribution is -2.02. The highest BCUT2D eigenvalue weighted by Gasteiger charge is 2.05. The maximum Gasteiger partial charge on any atom is 0.125 e. The van der Waals surface area contributed by atoms with Gasteiger partial charge in [-0.05, 0) is 47.8 Å². The Morgan fingerprint density at radius 3 is 2.75 bits per heavy atom. The third kappa shape index (κ3) is 2.61. The fraction of sp³-hybridized carbons (Fsp3) is 0.167. The Bertz CT molecular complexity index is 475. The van der Waals surface area contributed by atoms with Crippen LogP contribution in [-0.2, 0) is 6.54 Å². The van der Waals surface area contributed by atoms with E-state index in [0.717, 1.165) is 17.7 Å². The van der Waals surface area contributed by atoms with Crippen molar-refractivity contribution >= 4 is 22.9 Å². The molecule has 4 heteroatoms. The second-order valence-electron chi connectivity index (χ2n) is 3.49. The average molecular weight is 256 g/mol. The third-order valence-corrected chi connectivity index (χ3v) is 3.36. The lowest BCUT2D eigenvalue weighted by atomic mass is 10.1. The molecule has 0 aliphatic rings. The molecule has 0 radical (unpaired) electrons. The van der Waals surface area contributed by atoms with Crippen molar-refractivity contribution in [1.29, 1.82) is 0 Å². The SMILES string of the molecule is CNCc1cc(-c2cc(F)cc(Cl)c2)cs1. The van der Waals surface area contributed by atoms with Gasteiger partial charge in [0.05, 0.1) is 0 Å². The van der Waals surface area contributed by atoms with E-state index < -0.39 is 0 Å². The quantitative estimate of drug-likeness (QED) is 0.876. The van der Waals surface area contributed by atoms with Crippen LogP contribution in [0, 0.1) is 5.82 Å². The minimum absolute atomic E-state index is 0.302. The fourth-order valence-electron chi connectivity index (χ4n) is 1.52. The molecule has 0 amide bonds. The smallest absolute Gasteiger partial charge is 0.125 e. The van der Waals surface area contributed by atoms with Crippen molar-refractivity contribution in [1.82, 2.24) is 5.32 Å². The third-order valence-electron chi connectivity index (χ3n) is 2.20. The molecule has 2 aromatic rings. The first-order valence-electron chi connectivity index (χ1n) is 4.87. The minimum atomic E-state index is -0.302. The van der Waals surface area contributed by atoms with E-state index in [1.165, 1.54) is 17.0 Å². The summed E-state index contributed by atoms with van der Waals surface area (Å²) >= 11 is 7.47. The van der Waals surface area contributed by atoms with E-state index in [0.29, 0.717) is 5.02 Å². The summed E-state index contributed by atoms with van der Waals surface area (Å²) in [5, 5.41) is 5.52. The second kappa shape index (κ2) is 4.95. The Kier molecular flexibility index (Phi) is 3.59. The standard InChI is InChI=1S/C12H11ClFNS/c1-15-6-12-4-9(7-16-12)8-2-10(13)5-11(14)3-8/h2-5,7,15H,6H2,1H3. The largest absolute Gasteiger partial charge is 0.315 e. The van der Waals surface area contributed by atoms with E-state index in [2.05, 4.69) is 5.32 Å². The molecule has 1 aromatic carbocycles. The van der Waals surface area contributed by atoms with Crippen LogP contribution >= 0.6 is 22.9 Å². The summed E-state index contributed by atoms with van der Waals surface area (Å²) in [6, 6.07) is 6.63. The first-order chi connectivity index (χ1) is 7.69. The van der Waals surface area contributed by atoms with Gasteiger partial charge in [-0.2, -0.15) is 0 Å². The lowest BCUT2D eigenvalue weighted by Gasteiger charge is -1.99.